The summed E-state index contributed by atoms with van der Waals surface area (Å²) < 4.78 is 1.28. The molecule has 2 saturated carbocycles. The van der Waals surface area contributed by atoms with Gasteiger partial charge in [-0.3, -0.25) is 15.0 Å². The molecular weight excluding hydrogens is 394 g/mol. The first kappa shape index (κ1) is 16.8. The van der Waals surface area contributed by atoms with E-state index in [4.69, 9.17) is 11.6 Å². The molecule has 29 heavy (non-hydrogen) atoms. The van der Waals surface area contributed by atoms with Crippen molar-refractivity contribution in [2.75, 3.05) is 10.7 Å². The minimum Gasteiger partial charge on any atom is -0.346 e. The molecule has 9 nitrogen and oxygen atoms in total. The van der Waals surface area contributed by atoms with Crippen LogP contribution < -0.4 is 21.6 Å². The van der Waals surface area contributed by atoms with Gasteiger partial charge in [-0.1, -0.05) is 18.0 Å². The third-order valence-corrected chi connectivity index (χ3v) is 6.71. The zero-order chi connectivity index (χ0) is 19.8. The lowest BCUT2D eigenvalue weighted by Gasteiger charge is -2.62. The molecule has 3 aromatic heterocycles. The first-order chi connectivity index (χ1) is 14.0. The number of amides is 1. The van der Waals surface area contributed by atoms with E-state index in [1.807, 2.05) is 6.07 Å². The van der Waals surface area contributed by atoms with E-state index < -0.39 is 5.66 Å². The van der Waals surface area contributed by atoms with E-state index in [0.717, 1.165) is 18.2 Å². The maximum absolute atomic E-state index is 13.2. The number of hydrogen-bond acceptors (Lipinski definition) is 6. The fraction of sp³-hybridized carbons (Fsp3) is 0.368. The van der Waals surface area contributed by atoms with Crippen molar-refractivity contribution in [3.8, 4) is 0 Å². The number of H-pyrrole nitrogens is 1. The number of carbonyl (C=O) groups excluding carboxylic acids is 1. The summed E-state index contributed by atoms with van der Waals surface area (Å²) in [4.78, 5) is 37.4. The minimum atomic E-state index is -0.584. The van der Waals surface area contributed by atoms with Gasteiger partial charge in [0, 0.05) is 6.20 Å². The van der Waals surface area contributed by atoms with E-state index in [0.29, 0.717) is 16.9 Å². The summed E-state index contributed by atoms with van der Waals surface area (Å²) in [6.45, 7) is 0. The van der Waals surface area contributed by atoms with Crippen LogP contribution in [0.1, 0.15) is 42.6 Å². The lowest BCUT2D eigenvalue weighted by molar-refractivity contribution is -0.0531. The second-order valence-corrected chi connectivity index (χ2v) is 8.74. The monoisotopic (exact) mass is 411 g/mol. The average molecular weight is 412 g/mol. The van der Waals surface area contributed by atoms with Crippen molar-refractivity contribution in [3.63, 3.8) is 0 Å². The van der Waals surface area contributed by atoms with Gasteiger partial charge in [-0.25, -0.2) is 14.6 Å². The fourth-order valence-corrected chi connectivity index (χ4v) is 5.32. The van der Waals surface area contributed by atoms with Crippen LogP contribution in [0.15, 0.2) is 29.5 Å². The van der Waals surface area contributed by atoms with E-state index in [1.165, 1.54) is 36.3 Å². The Kier molecular flexibility index (Phi) is 3.20. The summed E-state index contributed by atoms with van der Waals surface area (Å²) in [7, 11) is 0. The van der Waals surface area contributed by atoms with Gasteiger partial charge in [0.25, 0.3) is 11.5 Å². The minimum absolute atomic E-state index is 0.122. The number of halogens is 1. The van der Waals surface area contributed by atoms with Crippen LogP contribution >= 0.6 is 11.6 Å². The van der Waals surface area contributed by atoms with Crippen LogP contribution in [0.25, 0.3) is 11.0 Å². The Morgan fingerprint density at radius 1 is 1.21 bits per heavy atom. The number of nitrogens with zero attached hydrogens (tertiary/aromatic N) is 3. The predicted octanol–water partition coefficient (Wildman–Crippen LogP) is 2.46. The number of aromatic amines is 1. The van der Waals surface area contributed by atoms with E-state index in [1.54, 1.807) is 6.20 Å². The van der Waals surface area contributed by atoms with Gasteiger partial charge in [-0.15, -0.1) is 0 Å². The molecule has 2 aliphatic carbocycles. The van der Waals surface area contributed by atoms with Crippen molar-refractivity contribution in [1.82, 2.24) is 24.9 Å². The standard InChI is InChI=1S/C19H18ClN7O2/c20-11-6-12(24-15-10-2-5-21-14(10)22-9-23-15)17(29)27-13(11)16(28)25-19(26-27)7-18(8-19)3-1-4-18/h2,5-6,9,26H,1,3-4,7-8H2,(H,25,28)(H2,21,22,23,24). The molecule has 6 rings (SSSR count). The van der Waals surface area contributed by atoms with Crippen molar-refractivity contribution < 1.29 is 4.79 Å². The Hall–Kier alpha value is -3.07. The number of hydrogen-bond donors (Lipinski definition) is 4. The summed E-state index contributed by atoms with van der Waals surface area (Å²) in [5.74, 6) is 0.152. The summed E-state index contributed by atoms with van der Waals surface area (Å²) in [6, 6.07) is 3.28. The molecule has 0 atom stereocenters. The zero-order valence-corrected chi connectivity index (χ0v) is 16.1. The van der Waals surface area contributed by atoms with E-state index in [-0.39, 0.29) is 27.9 Å². The Bertz CT molecular complexity index is 1240. The molecule has 4 heterocycles. The highest BCUT2D eigenvalue weighted by Gasteiger charge is 2.59. The molecule has 3 aliphatic rings. The fourth-order valence-electron chi connectivity index (χ4n) is 5.04. The maximum atomic E-state index is 13.2. The lowest BCUT2D eigenvalue weighted by Crippen LogP contribution is -2.73. The van der Waals surface area contributed by atoms with Gasteiger partial charge in [0.05, 0.1) is 10.4 Å². The molecule has 148 valence electrons. The van der Waals surface area contributed by atoms with Crippen LogP contribution in [0.5, 0.6) is 0 Å². The summed E-state index contributed by atoms with van der Waals surface area (Å²) in [6.07, 6.45) is 8.39. The number of fused-ring (bicyclic) bond motifs is 2. The van der Waals surface area contributed by atoms with Crippen LogP contribution in [0, 0.1) is 5.41 Å². The third kappa shape index (κ3) is 2.33. The quantitative estimate of drug-likeness (QED) is 0.514. The van der Waals surface area contributed by atoms with Gasteiger partial charge in [0.1, 0.15) is 34.8 Å². The van der Waals surface area contributed by atoms with Crippen molar-refractivity contribution in [3.05, 3.63) is 45.7 Å². The Morgan fingerprint density at radius 2 is 2.03 bits per heavy atom. The van der Waals surface area contributed by atoms with Crippen LogP contribution in [0.4, 0.5) is 11.5 Å². The van der Waals surface area contributed by atoms with Gasteiger partial charge in [-0.2, -0.15) is 0 Å². The number of rotatable bonds is 2. The molecule has 0 saturated heterocycles. The number of anilines is 2. The molecular formula is C19H18ClN7O2. The van der Waals surface area contributed by atoms with E-state index in [9.17, 15) is 9.59 Å². The Morgan fingerprint density at radius 3 is 2.79 bits per heavy atom. The van der Waals surface area contributed by atoms with Crippen LogP contribution in [-0.2, 0) is 0 Å². The van der Waals surface area contributed by atoms with E-state index in [2.05, 4.69) is 31.0 Å². The number of pyridine rings is 1. The molecule has 10 heteroatoms. The van der Waals surface area contributed by atoms with Crippen LogP contribution in [0.2, 0.25) is 5.02 Å². The molecule has 2 spiro atoms. The lowest BCUT2D eigenvalue weighted by atomic mass is 9.51. The second kappa shape index (κ2) is 5.50. The molecule has 0 aromatic carbocycles. The zero-order valence-electron chi connectivity index (χ0n) is 15.4. The number of aromatic nitrogens is 4. The molecule has 1 amide bonds. The third-order valence-electron chi connectivity index (χ3n) is 6.42. The number of nitrogens with one attached hydrogen (secondary N) is 4. The largest absolute Gasteiger partial charge is 0.346 e. The van der Waals surface area contributed by atoms with Gasteiger partial charge < -0.3 is 15.6 Å². The highest BCUT2D eigenvalue weighted by molar-refractivity contribution is 6.34. The second-order valence-electron chi connectivity index (χ2n) is 8.34. The molecule has 4 N–H and O–H groups in total. The smallest absolute Gasteiger partial charge is 0.293 e. The first-order valence-electron chi connectivity index (χ1n) is 9.59. The van der Waals surface area contributed by atoms with Gasteiger partial charge in [0.15, 0.2) is 0 Å². The first-order valence-corrected chi connectivity index (χ1v) is 9.97. The van der Waals surface area contributed by atoms with Crippen molar-refractivity contribution in [1.29, 1.82) is 0 Å². The summed E-state index contributed by atoms with van der Waals surface area (Å²) >= 11 is 6.39. The summed E-state index contributed by atoms with van der Waals surface area (Å²) in [5, 5.41) is 7.01. The SMILES string of the molecule is O=C1NC2(CC3(CCC3)C2)Nn2c1c(Cl)cc(Nc1ncnc3[nH]ccc13)c2=O. The molecule has 1 aliphatic heterocycles. The van der Waals surface area contributed by atoms with Crippen molar-refractivity contribution >= 4 is 40.0 Å². The Balaban J connectivity index is 1.40. The average Bonchev–Trinajstić information content (AvgIpc) is 3.11. The van der Waals surface area contributed by atoms with Crippen molar-refractivity contribution in [2.45, 2.75) is 37.8 Å². The van der Waals surface area contributed by atoms with Gasteiger partial charge >= 0.3 is 0 Å². The van der Waals surface area contributed by atoms with Gasteiger partial charge in [0.2, 0.25) is 0 Å². The summed E-state index contributed by atoms with van der Waals surface area (Å²) in [5.41, 5.74) is 3.59. The molecule has 3 aromatic rings. The highest BCUT2D eigenvalue weighted by Crippen LogP contribution is 2.60. The maximum Gasteiger partial charge on any atom is 0.293 e. The molecule has 0 bridgehead atoms. The predicted molar refractivity (Wildman–Crippen MR) is 108 cm³/mol. The van der Waals surface area contributed by atoms with Crippen LogP contribution in [0.3, 0.4) is 0 Å². The molecule has 0 unspecified atom stereocenters. The molecule has 2 fully saturated rings. The molecule has 0 radical (unpaired) electrons. The number of carbonyl (C=O) groups is 1. The van der Waals surface area contributed by atoms with Crippen molar-refractivity contribution in [2.24, 2.45) is 5.41 Å². The van der Waals surface area contributed by atoms with Crippen LogP contribution in [-0.4, -0.2) is 31.2 Å². The van der Waals surface area contributed by atoms with Gasteiger partial charge in [-0.05, 0) is 43.2 Å². The highest BCUT2D eigenvalue weighted by atomic mass is 35.5. The Labute approximate surface area is 169 Å². The topological polar surface area (TPSA) is 117 Å². The van der Waals surface area contributed by atoms with E-state index >= 15 is 0 Å². The normalized spacial score (nSPS) is 20.5.